The van der Waals surface area contributed by atoms with E-state index in [1.165, 1.54) is 36.3 Å². The molecule has 0 bridgehead atoms. The van der Waals surface area contributed by atoms with Crippen LogP contribution in [0.15, 0.2) is 5.51 Å². The molecular weight excluding hydrogens is 351 g/mol. The van der Waals surface area contributed by atoms with Gasteiger partial charge >= 0.3 is 33.0 Å². The number of rotatable bonds is 7. The molecule has 10 heteroatoms. The van der Waals surface area contributed by atoms with Crippen molar-refractivity contribution in [2.75, 3.05) is 6.61 Å². The maximum absolute atomic E-state index is 10.7. The zero-order chi connectivity index (χ0) is 17.5. The summed E-state index contributed by atoms with van der Waals surface area (Å²) in [5.74, 6) is 0. The molecule has 0 saturated heterocycles. The topological polar surface area (TPSA) is 24.1 Å². The summed E-state index contributed by atoms with van der Waals surface area (Å²) in [6.07, 6.45) is 6.04. The van der Waals surface area contributed by atoms with Crippen LogP contribution in [0, 0.1) is 6.92 Å². The molecule has 0 unspecified atom stereocenters. The van der Waals surface area contributed by atoms with Gasteiger partial charge < -0.3 is 5.11 Å². The average Bonchev–Trinajstić information content (AvgIpc) is 2.64. The minimum absolute atomic E-state index is 0.261. The van der Waals surface area contributed by atoms with E-state index in [0.717, 1.165) is 13.0 Å². The third-order valence-corrected chi connectivity index (χ3v) is 3.89. The predicted octanol–water partition coefficient (Wildman–Crippen LogP) is 5.84. The molecule has 22 heavy (non-hydrogen) atoms. The molecule has 0 saturated carbocycles. The summed E-state index contributed by atoms with van der Waals surface area (Å²) in [4.78, 5) is 1.33. The molecule has 1 rings (SSSR count). The Morgan fingerprint density at radius 2 is 1.64 bits per heavy atom. The van der Waals surface area contributed by atoms with Gasteiger partial charge in [-0.05, 0) is 6.42 Å². The number of aliphatic hydroxyl groups is 1. The van der Waals surface area contributed by atoms with E-state index < -0.39 is 7.81 Å². The summed E-state index contributed by atoms with van der Waals surface area (Å²) in [6, 6.07) is 0. The Hall–Kier alpha value is -0.400. The maximum atomic E-state index is 9.87. The van der Waals surface area contributed by atoms with Crippen LogP contribution in [-0.4, -0.2) is 11.7 Å². The van der Waals surface area contributed by atoms with Crippen molar-refractivity contribution in [3.05, 3.63) is 16.1 Å². The zero-order valence-electron chi connectivity index (χ0n) is 12.5. The molecule has 1 heterocycles. The molecule has 0 fully saturated rings. The van der Waals surface area contributed by atoms with Gasteiger partial charge in [0.2, 0.25) is 5.51 Å². The molecular formula is C12H22F6NOPS. The van der Waals surface area contributed by atoms with Gasteiger partial charge in [-0.2, -0.15) is 4.57 Å². The summed E-state index contributed by atoms with van der Waals surface area (Å²) in [6.45, 7) is 5.79. The summed E-state index contributed by atoms with van der Waals surface area (Å²) in [7, 11) is -10.7. The van der Waals surface area contributed by atoms with Crippen molar-refractivity contribution < 1.29 is 34.9 Å². The SMILES string of the molecule is CCCCCC[n+]1csc(CCO)c1C.F[P-](F)(F)(F)(F)F. The molecule has 1 N–H and O–H groups in total. The van der Waals surface area contributed by atoms with Crippen LogP contribution in [0.25, 0.3) is 0 Å². The Morgan fingerprint density at radius 1 is 1.09 bits per heavy atom. The van der Waals surface area contributed by atoms with Crippen LogP contribution in [0.2, 0.25) is 0 Å². The monoisotopic (exact) mass is 373 g/mol. The van der Waals surface area contributed by atoms with E-state index in [2.05, 4.69) is 23.9 Å². The summed E-state index contributed by atoms with van der Waals surface area (Å²) in [5.41, 5.74) is 3.53. The number of halogens is 6. The van der Waals surface area contributed by atoms with Gasteiger partial charge in [-0.1, -0.05) is 31.1 Å². The number of hydrogen-bond donors (Lipinski definition) is 1. The normalized spacial score (nSPS) is 14.8. The molecule has 0 aromatic carbocycles. The fourth-order valence-electron chi connectivity index (χ4n) is 1.72. The van der Waals surface area contributed by atoms with Gasteiger partial charge in [-0.25, -0.2) is 0 Å². The number of aromatic nitrogens is 1. The van der Waals surface area contributed by atoms with Crippen molar-refractivity contribution >= 4 is 19.1 Å². The number of aliphatic hydroxyl groups excluding tert-OH is 1. The predicted molar refractivity (Wildman–Crippen MR) is 77.8 cm³/mol. The Labute approximate surface area is 130 Å². The van der Waals surface area contributed by atoms with E-state index in [0.29, 0.717) is 0 Å². The number of aryl methyl sites for hydroxylation is 1. The summed E-state index contributed by atoms with van der Waals surface area (Å²) >= 11 is 1.77. The van der Waals surface area contributed by atoms with Crippen LogP contribution < -0.4 is 4.57 Å². The van der Waals surface area contributed by atoms with E-state index in [-0.39, 0.29) is 6.61 Å². The number of hydrogen-bond acceptors (Lipinski definition) is 2. The number of unbranched alkanes of at least 4 members (excludes halogenated alkanes) is 3. The van der Waals surface area contributed by atoms with E-state index in [1.54, 1.807) is 11.3 Å². The first-order valence-corrected chi connectivity index (χ1v) is 9.79. The van der Waals surface area contributed by atoms with Crippen LogP contribution in [0.1, 0.15) is 43.2 Å². The third kappa shape index (κ3) is 14.5. The summed E-state index contributed by atoms with van der Waals surface area (Å²) < 4.78 is 61.5. The van der Waals surface area contributed by atoms with Crippen LogP contribution in [0.5, 0.6) is 0 Å². The third-order valence-electron chi connectivity index (χ3n) is 2.75. The fraction of sp³-hybridized carbons (Fsp3) is 0.750. The number of thiazole rings is 1. The van der Waals surface area contributed by atoms with Crippen molar-refractivity contribution in [2.45, 2.75) is 52.5 Å². The molecule has 134 valence electrons. The second-order valence-corrected chi connectivity index (χ2v) is 7.77. The van der Waals surface area contributed by atoms with Gasteiger partial charge in [0.15, 0.2) is 5.69 Å². The quantitative estimate of drug-likeness (QED) is 0.276. The van der Waals surface area contributed by atoms with Crippen molar-refractivity contribution in [2.24, 2.45) is 0 Å². The Morgan fingerprint density at radius 3 is 2.09 bits per heavy atom. The second-order valence-electron chi connectivity index (χ2n) is 4.92. The van der Waals surface area contributed by atoms with Gasteiger partial charge in [0.25, 0.3) is 0 Å². The van der Waals surface area contributed by atoms with E-state index in [4.69, 9.17) is 5.11 Å². The molecule has 1 aromatic heterocycles. The number of nitrogens with zero attached hydrogens (tertiary/aromatic N) is 1. The standard InChI is InChI=1S/C12H22NOS.F6P/c1-3-4-5-6-8-13-10-15-12(7-9-14)11(13)2;1-7(2,3,4,5)6/h10,14H,3-9H2,1-2H3;/q+1;-1. The van der Waals surface area contributed by atoms with Gasteiger partial charge in [-0.3, -0.25) is 0 Å². The van der Waals surface area contributed by atoms with E-state index in [9.17, 15) is 25.2 Å². The van der Waals surface area contributed by atoms with Crippen molar-refractivity contribution in [3.63, 3.8) is 0 Å². The van der Waals surface area contributed by atoms with Gasteiger partial charge in [0.05, 0.1) is 4.88 Å². The molecule has 0 aliphatic carbocycles. The zero-order valence-corrected chi connectivity index (χ0v) is 14.3. The minimum atomic E-state index is -10.7. The second kappa shape index (κ2) is 7.45. The molecule has 1 aromatic rings. The van der Waals surface area contributed by atoms with Crippen LogP contribution >= 0.6 is 19.1 Å². The molecule has 2 nitrogen and oxygen atoms in total. The van der Waals surface area contributed by atoms with Crippen molar-refractivity contribution in [1.29, 1.82) is 0 Å². The van der Waals surface area contributed by atoms with Crippen molar-refractivity contribution in [3.8, 4) is 0 Å². The Balaban J connectivity index is 0.000000534. The Kier molecular flexibility index (Phi) is 7.31. The van der Waals surface area contributed by atoms with Gasteiger partial charge in [0.1, 0.15) is 6.54 Å². The van der Waals surface area contributed by atoms with Crippen LogP contribution in [0.3, 0.4) is 0 Å². The van der Waals surface area contributed by atoms with E-state index >= 15 is 0 Å². The first kappa shape index (κ1) is 21.6. The Bertz CT molecular complexity index is 447. The van der Waals surface area contributed by atoms with Gasteiger partial charge in [0, 0.05) is 26.4 Å². The first-order valence-electron chi connectivity index (χ1n) is 6.88. The molecule has 0 atom stereocenters. The van der Waals surface area contributed by atoms with E-state index in [1.807, 2.05) is 0 Å². The molecule has 0 spiro atoms. The van der Waals surface area contributed by atoms with Gasteiger partial charge in [-0.15, -0.1) is 0 Å². The van der Waals surface area contributed by atoms with Crippen LogP contribution in [-0.2, 0) is 13.0 Å². The average molecular weight is 373 g/mol. The van der Waals surface area contributed by atoms with Crippen molar-refractivity contribution in [1.82, 2.24) is 0 Å². The first-order chi connectivity index (χ1) is 9.74. The van der Waals surface area contributed by atoms with Crippen LogP contribution in [0.4, 0.5) is 25.2 Å². The molecule has 0 aliphatic heterocycles. The molecule has 0 radical (unpaired) electrons. The fourth-order valence-corrected chi connectivity index (χ4v) is 2.74. The molecule has 0 amide bonds. The molecule has 0 aliphatic rings. The summed E-state index contributed by atoms with van der Waals surface area (Å²) in [5, 5.41) is 8.90.